The monoisotopic (exact) mass is 540 g/mol. The van der Waals surface area contributed by atoms with Crippen LogP contribution in [0.4, 0.5) is 29.1 Å². The fraction of sp³-hybridized carbons (Fsp3) is 0.423. The highest BCUT2D eigenvalue weighted by Crippen LogP contribution is 2.38. The molecular formula is C26H29ClF4N4O2. The molecule has 0 aliphatic rings. The van der Waals surface area contributed by atoms with Crippen molar-refractivity contribution in [3.63, 3.8) is 0 Å². The number of hydrogen-bond acceptors (Lipinski definition) is 4. The number of nitrogens with zero attached hydrogens (tertiary/aromatic N) is 4. The van der Waals surface area contributed by atoms with Crippen LogP contribution in [-0.2, 0) is 17.5 Å². The predicted octanol–water partition coefficient (Wildman–Crippen LogP) is 6.94. The number of hydrogen-bond donors (Lipinski definition) is 1. The summed E-state index contributed by atoms with van der Waals surface area (Å²) in [6, 6.07) is 7.34. The zero-order valence-corrected chi connectivity index (χ0v) is 22.0. The van der Waals surface area contributed by atoms with E-state index in [1.807, 2.05) is 20.8 Å². The normalized spacial score (nSPS) is 13.1. The van der Waals surface area contributed by atoms with Crippen molar-refractivity contribution >= 4 is 29.0 Å². The Morgan fingerprint density at radius 1 is 1.16 bits per heavy atom. The molecule has 1 N–H and O–H groups in total. The molecule has 0 saturated heterocycles. The van der Waals surface area contributed by atoms with Crippen LogP contribution in [0.25, 0.3) is 11.3 Å². The van der Waals surface area contributed by atoms with Crippen molar-refractivity contribution in [2.45, 2.75) is 66.3 Å². The quantitative estimate of drug-likeness (QED) is 0.260. The van der Waals surface area contributed by atoms with Crippen LogP contribution in [0.1, 0.15) is 51.8 Å². The summed E-state index contributed by atoms with van der Waals surface area (Å²) < 4.78 is 56.1. The first-order valence-corrected chi connectivity index (χ1v) is 12.0. The van der Waals surface area contributed by atoms with E-state index in [-0.39, 0.29) is 29.6 Å². The number of pyridine rings is 1. The maximum atomic E-state index is 14.1. The molecule has 3 rings (SSSR count). The Labute approximate surface area is 217 Å². The van der Waals surface area contributed by atoms with Crippen LogP contribution >= 0.6 is 11.6 Å². The van der Waals surface area contributed by atoms with Crippen LogP contribution < -0.4 is 4.90 Å². The molecule has 1 aromatic carbocycles. The first-order chi connectivity index (χ1) is 17.0. The number of carbonyl (C=O) groups excluding carboxylic acids is 1. The number of aliphatic hydroxyl groups is 1. The molecule has 1 amide bonds. The van der Waals surface area contributed by atoms with Gasteiger partial charge in [-0.05, 0) is 56.0 Å². The molecule has 0 radical (unpaired) electrons. The number of aromatic nitrogens is 3. The number of anilines is 2. The largest absolute Gasteiger partial charge is 0.419 e. The Bertz CT molecular complexity index is 1260. The number of halogens is 5. The zero-order valence-electron chi connectivity index (χ0n) is 21.2. The predicted molar refractivity (Wildman–Crippen MR) is 134 cm³/mol. The van der Waals surface area contributed by atoms with Crippen LogP contribution in [0.3, 0.4) is 0 Å². The van der Waals surface area contributed by atoms with Gasteiger partial charge in [-0.25, -0.2) is 9.37 Å². The number of aryl methyl sites for hydroxylation is 2. The summed E-state index contributed by atoms with van der Waals surface area (Å²) in [5, 5.41) is 14.6. The molecule has 0 bridgehead atoms. The van der Waals surface area contributed by atoms with Crippen LogP contribution in [0, 0.1) is 18.2 Å². The molecule has 1 unspecified atom stereocenters. The summed E-state index contributed by atoms with van der Waals surface area (Å²) in [6.45, 7) is 9.09. The van der Waals surface area contributed by atoms with Gasteiger partial charge in [-0.15, -0.1) is 0 Å². The third kappa shape index (κ3) is 7.29. The molecule has 6 nitrogen and oxygen atoms in total. The van der Waals surface area contributed by atoms with Crippen molar-refractivity contribution in [1.82, 2.24) is 14.8 Å². The lowest BCUT2D eigenvalue weighted by Crippen LogP contribution is -2.30. The number of rotatable bonds is 7. The molecule has 0 aliphatic carbocycles. The maximum absolute atomic E-state index is 14.1. The Morgan fingerprint density at radius 2 is 1.84 bits per heavy atom. The Kier molecular flexibility index (Phi) is 8.34. The molecule has 0 spiro atoms. The first kappa shape index (κ1) is 28.6. The van der Waals surface area contributed by atoms with Gasteiger partial charge < -0.3 is 5.11 Å². The minimum Gasteiger partial charge on any atom is -0.393 e. The second-order valence-corrected chi connectivity index (χ2v) is 10.6. The van der Waals surface area contributed by atoms with Gasteiger partial charge in [0.1, 0.15) is 11.0 Å². The summed E-state index contributed by atoms with van der Waals surface area (Å²) in [7, 11) is 0. The Balaban J connectivity index is 2.23. The van der Waals surface area contributed by atoms with Crippen molar-refractivity contribution in [3.8, 4) is 11.3 Å². The van der Waals surface area contributed by atoms with Gasteiger partial charge in [0.05, 0.1) is 23.0 Å². The lowest BCUT2D eigenvalue weighted by molar-refractivity contribution is -0.140. The van der Waals surface area contributed by atoms with Crippen LogP contribution in [0.2, 0.25) is 5.15 Å². The Morgan fingerprint density at radius 3 is 2.41 bits per heavy atom. The zero-order chi connectivity index (χ0) is 27.7. The third-order valence-corrected chi connectivity index (χ3v) is 5.61. The molecular weight excluding hydrogens is 512 g/mol. The molecule has 0 aliphatic heterocycles. The van der Waals surface area contributed by atoms with E-state index in [9.17, 15) is 27.5 Å². The minimum atomic E-state index is -4.95. The van der Waals surface area contributed by atoms with Crippen molar-refractivity contribution in [2.24, 2.45) is 5.41 Å². The van der Waals surface area contributed by atoms with E-state index in [0.717, 1.165) is 11.0 Å². The van der Waals surface area contributed by atoms with Gasteiger partial charge in [0.2, 0.25) is 5.91 Å². The van der Waals surface area contributed by atoms with Gasteiger partial charge in [-0.3, -0.25) is 14.4 Å². The van der Waals surface area contributed by atoms with Gasteiger partial charge in [0.15, 0.2) is 5.82 Å². The standard InChI is InChI=1S/C26H29ClF4N4O2/c1-15-10-17(11-22(27)32-15)21-13-23(33-34(21)9-8-16(2)36)35(24(37)14-25(3,4)5)18-6-7-20(28)19(12-18)26(29,30)31/h6-7,10-13,16,36H,8-9,14H2,1-5H3. The van der Waals surface area contributed by atoms with E-state index in [4.69, 9.17) is 11.6 Å². The lowest BCUT2D eigenvalue weighted by atomic mass is 9.91. The number of aliphatic hydroxyl groups excluding tert-OH is 1. The summed E-state index contributed by atoms with van der Waals surface area (Å²) in [5.41, 5.74) is -0.367. The topological polar surface area (TPSA) is 71.2 Å². The molecule has 2 aromatic heterocycles. The van der Waals surface area contributed by atoms with Gasteiger partial charge in [0.25, 0.3) is 0 Å². The molecule has 37 heavy (non-hydrogen) atoms. The van der Waals surface area contributed by atoms with Gasteiger partial charge in [0, 0.05) is 30.3 Å². The Hall–Kier alpha value is -2.98. The van der Waals surface area contributed by atoms with E-state index in [1.165, 1.54) is 0 Å². The summed E-state index contributed by atoms with van der Waals surface area (Å²) in [6.07, 6.45) is -5.28. The van der Waals surface area contributed by atoms with Crippen LogP contribution in [0.15, 0.2) is 36.4 Å². The molecule has 11 heteroatoms. The van der Waals surface area contributed by atoms with Crippen molar-refractivity contribution < 1.29 is 27.5 Å². The minimum absolute atomic E-state index is 0.0121. The summed E-state index contributed by atoms with van der Waals surface area (Å²) >= 11 is 6.16. The molecule has 0 saturated carbocycles. The van der Waals surface area contributed by atoms with Gasteiger partial charge in [-0.2, -0.15) is 18.3 Å². The van der Waals surface area contributed by atoms with Crippen molar-refractivity contribution in [3.05, 3.63) is 58.6 Å². The van der Waals surface area contributed by atoms with Crippen molar-refractivity contribution in [2.75, 3.05) is 4.90 Å². The molecule has 1 atom stereocenters. The first-order valence-electron chi connectivity index (χ1n) is 11.7. The average molecular weight is 541 g/mol. The van der Waals surface area contributed by atoms with E-state index in [1.54, 1.807) is 36.7 Å². The summed E-state index contributed by atoms with van der Waals surface area (Å²) in [4.78, 5) is 18.7. The third-order valence-electron chi connectivity index (χ3n) is 5.42. The number of benzene rings is 1. The smallest absolute Gasteiger partial charge is 0.393 e. The van der Waals surface area contributed by atoms with E-state index in [0.29, 0.717) is 35.5 Å². The lowest BCUT2D eigenvalue weighted by Gasteiger charge is -2.26. The number of carbonyl (C=O) groups is 1. The van der Waals surface area contributed by atoms with Crippen LogP contribution in [-0.4, -0.2) is 31.9 Å². The maximum Gasteiger partial charge on any atom is 0.419 e. The second-order valence-electron chi connectivity index (χ2n) is 10.2. The average Bonchev–Trinajstić information content (AvgIpc) is 3.14. The fourth-order valence-corrected chi connectivity index (χ4v) is 4.06. The van der Waals surface area contributed by atoms with Crippen molar-refractivity contribution in [1.29, 1.82) is 0 Å². The van der Waals surface area contributed by atoms with Gasteiger partial charge in [-0.1, -0.05) is 32.4 Å². The summed E-state index contributed by atoms with van der Waals surface area (Å²) in [5.74, 6) is -1.90. The highest BCUT2D eigenvalue weighted by molar-refractivity contribution is 6.29. The fourth-order valence-electron chi connectivity index (χ4n) is 3.81. The van der Waals surface area contributed by atoms with E-state index in [2.05, 4.69) is 10.1 Å². The number of alkyl halides is 3. The SMILES string of the molecule is Cc1cc(-c2cc(N(C(=O)CC(C)(C)C)c3ccc(F)c(C(F)(F)F)c3)nn2CCC(C)O)cc(Cl)n1. The molecule has 200 valence electrons. The van der Waals surface area contributed by atoms with Gasteiger partial charge >= 0.3 is 6.18 Å². The highest BCUT2D eigenvalue weighted by Gasteiger charge is 2.36. The number of amides is 1. The molecule has 3 aromatic rings. The highest BCUT2D eigenvalue weighted by atomic mass is 35.5. The van der Waals surface area contributed by atoms with E-state index < -0.39 is 35.0 Å². The second kappa shape index (κ2) is 10.8. The molecule has 2 heterocycles. The van der Waals surface area contributed by atoms with Crippen LogP contribution in [0.5, 0.6) is 0 Å². The van der Waals surface area contributed by atoms with E-state index >= 15 is 0 Å². The molecule has 0 fully saturated rings.